The molecule has 6 nitrogen and oxygen atoms in total. The Morgan fingerprint density at radius 2 is 2.13 bits per heavy atom. The first-order valence-corrected chi connectivity index (χ1v) is 4.51. The molecule has 0 saturated heterocycles. The van der Waals surface area contributed by atoms with Gasteiger partial charge in [-0.25, -0.2) is 14.3 Å². The Balaban J connectivity index is 4.41. The van der Waals surface area contributed by atoms with Crippen molar-refractivity contribution >= 4 is 12.0 Å². The van der Waals surface area contributed by atoms with E-state index >= 15 is 0 Å². The van der Waals surface area contributed by atoms with Gasteiger partial charge in [-0.15, -0.1) is 0 Å². The van der Waals surface area contributed by atoms with E-state index < -0.39 is 5.97 Å². The standard InChI is InChI=1S/C9H18N3O3/c1-5-14-8(13)6-7-12(4)9(15-10)11(2)3/h6-7H,5,10H2,1-4H3/q+1. The van der Waals surface area contributed by atoms with Crippen molar-refractivity contribution in [2.75, 3.05) is 27.7 Å². The van der Waals surface area contributed by atoms with E-state index in [1.165, 1.54) is 12.3 Å². The number of nitrogens with two attached hydrogens (primary N) is 1. The molecule has 6 heteroatoms. The fraction of sp³-hybridized carbons (Fsp3) is 0.556. The molecule has 0 saturated carbocycles. The van der Waals surface area contributed by atoms with E-state index in [1.807, 2.05) is 0 Å². The molecule has 0 radical (unpaired) electrons. The fourth-order valence-corrected chi connectivity index (χ4v) is 0.931. The van der Waals surface area contributed by atoms with Gasteiger partial charge in [-0.05, 0) is 6.92 Å². The second-order valence-corrected chi connectivity index (χ2v) is 2.97. The highest BCUT2D eigenvalue weighted by Crippen LogP contribution is 1.90. The monoisotopic (exact) mass is 216 g/mol. The second kappa shape index (κ2) is 6.83. The summed E-state index contributed by atoms with van der Waals surface area (Å²) in [6.45, 7) is 2.10. The van der Waals surface area contributed by atoms with Crippen LogP contribution in [-0.2, 0) is 14.4 Å². The van der Waals surface area contributed by atoms with E-state index in [0.717, 1.165) is 0 Å². The minimum Gasteiger partial charge on any atom is -0.463 e. The van der Waals surface area contributed by atoms with Gasteiger partial charge in [-0.2, -0.15) is 5.90 Å². The molecule has 0 rings (SSSR count). The van der Waals surface area contributed by atoms with Gasteiger partial charge >= 0.3 is 12.0 Å². The molecule has 0 bridgehead atoms. The van der Waals surface area contributed by atoms with Crippen molar-refractivity contribution in [3.63, 3.8) is 0 Å². The van der Waals surface area contributed by atoms with Gasteiger partial charge in [0.2, 0.25) is 0 Å². The van der Waals surface area contributed by atoms with Crippen LogP contribution in [0.15, 0.2) is 12.3 Å². The summed E-state index contributed by atoms with van der Waals surface area (Å²) in [5.74, 6) is 4.67. The predicted molar refractivity (Wildman–Crippen MR) is 55.9 cm³/mol. The summed E-state index contributed by atoms with van der Waals surface area (Å²) in [6.07, 6.45) is 2.81. The molecule has 0 amide bonds. The summed E-state index contributed by atoms with van der Waals surface area (Å²) in [4.78, 5) is 17.2. The van der Waals surface area contributed by atoms with Crippen molar-refractivity contribution in [1.82, 2.24) is 4.90 Å². The number of hydrogen-bond donors (Lipinski definition) is 1. The Hall–Kier alpha value is -1.56. The van der Waals surface area contributed by atoms with E-state index in [0.29, 0.717) is 12.6 Å². The first-order valence-electron chi connectivity index (χ1n) is 4.51. The summed E-state index contributed by atoms with van der Waals surface area (Å²) in [6, 6.07) is 0.413. The van der Waals surface area contributed by atoms with Gasteiger partial charge in [0.05, 0.1) is 33.8 Å². The summed E-state index contributed by atoms with van der Waals surface area (Å²) < 4.78 is 6.39. The Labute approximate surface area is 89.5 Å². The van der Waals surface area contributed by atoms with Crippen LogP contribution in [0, 0.1) is 0 Å². The van der Waals surface area contributed by atoms with Crippen molar-refractivity contribution in [3.05, 3.63) is 12.3 Å². The second-order valence-electron chi connectivity index (χ2n) is 2.97. The lowest BCUT2D eigenvalue weighted by Gasteiger charge is -2.08. The predicted octanol–water partition coefficient (Wildman–Crippen LogP) is -0.487. The van der Waals surface area contributed by atoms with Crippen LogP contribution >= 0.6 is 0 Å². The number of ether oxygens (including phenoxy) is 1. The van der Waals surface area contributed by atoms with Crippen LogP contribution in [0.3, 0.4) is 0 Å². The summed E-state index contributed by atoms with van der Waals surface area (Å²) in [7, 11) is 5.26. The van der Waals surface area contributed by atoms with E-state index in [-0.39, 0.29) is 0 Å². The molecule has 0 aliphatic rings. The quantitative estimate of drug-likeness (QED) is 0.172. The van der Waals surface area contributed by atoms with Gasteiger partial charge < -0.3 is 9.57 Å². The molecular formula is C9H18N3O3+. The van der Waals surface area contributed by atoms with Crippen molar-refractivity contribution in [1.29, 1.82) is 0 Å². The van der Waals surface area contributed by atoms with E-state index in [1.54, 1.807) is 37.5 Å². The highest BCUT2D eigenvalue weighted by Gasteiger charge is 2.14. The number of esters is 1. The van der Waals surface area contributed by atoms with Crippen LogP contribution in [0.1, 0.15) is 6.92 Å². The SMILES string of the molecule is CCOC(=O)C=CN(C)C(ON)=[N+](C)C. The molecule has 15 heavy (non-hydrogen) atoms. The Bertz CT molecular complexity index is 270. The average molecular weight is 216 g/mol. The molecule has 0 aromatic rings. The Kier molecular flexibility index (Phi) is 6.12. The lowest BCUT2D eigenvalue weighted by atomic mass is 10.6. The minimum atomic E-state index is -0.403. The maximum atomic E-state index is 11.0. The molecule has 0 aromatic heterocycles. The van der Waals surface area contributed by atoms with Crippen LogP contribution in [0.25, 0.3) is 0 Å². The molecule has 0 atom stereocenters. The smallest absolute Gasteiger partial charge is 0.463 e. The van der Waals surface area contributed by atoms with Gasteiger partial charge in [0.1, 0.15) is 6.20 Å². The highest BCUT2D eigenvalue weighted by atomic mass is 16.6. The molecule has 0 heterocycles. The van der Waals surface area contributed by atoms with Gasteiger partial charge in [-0.3, -0.25) is 0 Å². The number of amidine groups is 1. The van der Waals surface area contributed by atoms with Crippen LogP contribution in [0.2, 0.25) is 0 Å². The van der Waals surface area contributed by atoms with E-state index in [9.17, 15) is 4.79 Å². The van der Waals surface area contributed by atoms with Crippen molar-refractivity contribution in [2.45, 2.75) is 6.92 Å². The molecular weight excluding hydrogens is 198 g/mol. The average Bonchev–Trinajstić information content (AvgIpc) is 2.15. The maximum absolute atomic E-state index is 11.0. The molecule has 0 aliphatic carbocycles. The van der Waals surface area contributed by atoms with Gasteiger partial charge in [0.25, 0.3) is 0 Å². The summed E-state index contributed by atoms with van der Waals surface area (Å²) >= 11 is 0. The number of rotatable bonds is 3. The van der Waals surface area contributed by atoms with Crippen molar-refractivity contribution in [3.8, 4) is 0 Å². The molecule has 86 valence electrons. The molecule has 0 spiro atoms. The Morgan fingerprint density at radius 3 is 2.53 bits per heavy atom. The summed E-state index contributed by atoms with van der Waals surface area (Å²) in [5, 5.41) is 0. The third-order valence-electron chi connectivity index (χ3n) is 1.51. The van der Waals surface area contributed by atoms with Gasteiger partial charge in [-0.1, -0.05) is 0 Å². The molecule has 2 N–H and O–H groups in total. The van der Waals surface area contributed by atoms with E-state index in [2.05, 4.69) is 4.84 Å². The molecule has 0 fully saturated rings. The fourth-order valence-electron chi connectivity index (χ4n) is 0.931. The minimum absolute atomic E-state index is 0.352. The van der Waals surface area contributed by atoms with Crippen LogP contribution < -0.4 is 5.90 Å². The molecule has 0 aromatic carbocycles. The van der Waals surface area contributed by atoms with Crippen molar-refractivity contribution < 1.29 is 18.9 Å². The Morgan fingerprint density at radius 1 is 1.53 bits per heavy atom. The first-order chi connectivity index (χ1) is 7.02. The lowest BCUT2D eigenvalue weighted by Crippen LogP contribution is -2.33. The van der Waals surface area contributed by atoms with Gasteiger partial charge in [0, 0.05) is 0 Å². The lowest BCUT2D eigenvalue weighted by molar-refractivity contribution is -0.480. The normalized spacial score (nSPS) is 9.93. The van der Waals surface area contributed by atoms with Crippen LogP contribution in [-0.4, -0.2) is 49.2 Å². The number of carbonyl (C=O) groups is 1. The summed E-state index contributed by atoms with van der Waals surface area (Å²) in [5.41, 5.74) is 0. The zero-order valence-electron chi connectivity index (χ0n) is 9.56. The number of carbonyl (C=O) groups excluding carboxylic acids is 1. The highest BCUT2D eigenvalue weighted by molar-refractivity contribution is 5.82. The largest absolute Gasteiger partial charge is 0.469 e. The first kappa shape index (κ1) is 13.4. The zero-order chi connectivity index (χ0) is 11.8. The molecule has 0 aliphatic heterocycles. The molecule has 0 unspecified atom stereocenters. The van der Waals surface area contributed by atoms with Crippen molar-refractivity contribution in [2.24, 2.45) is 5.90 Å². The van der Waals surface area contributed by atoms with E-state index in [4.69, 9.17) is 10.6 Å². The topological polar surface area (TPSA) is 67.8 Å². The maximum Gasteiger partial charge on any atom is 0.469 e. The third kappa shape index (κ3) is 5.02. The van der Waals surface area contributed by atoms with Gasteiger partial charge in [0.15, 0.2) is 0 Å². The zero-order valence-corrected chi connectivity index (χ0v) is 9.56. The third-order valence-corrected chi connectivity index (χ3v) is 1.51. The number of nitrogens with zero attached hydrogens (tertiary/aromatic N) is 2. The van der Waals surface area contributed by atoms with Crippen LogP contribution in [0.4, 0.5) is 0 Å². The number of hydrogen-bond acceptors (Lipinski definition) is 4. The van der Waals surface area contributed by atoms with Crippen LogP contribution in [0.5, 0.6) is 0 Å².